The molecule has 0 aliphatic rings. The molecule has 2 N–H and O–H groups in total. The van der Waals surface area contributed by atoms with E-state index in [1.54, 1.807) is 54.9 Å². The molecule has 0 aliphatic heterocycles. The molecule has 0 saturated heterocycles. The number of anilines is 1. The minimum absolute atomic E-state index is 0.123. The highest BCUT2D eigenvalue weighted by atomic mass is 19.1. The Morgan fingerprint density at radius 3 is 2.48 bits per heavy atom. The molecule has 8 heteroatoms. The molecule has 2 amide bonds. The van der Waals surface area contributed by atoms with Crippen LogP contribution in [0.1, 0.15) is 18.5 Å². The van der Waals surface area contributed by atoms with E-state index in [2.05, 4.69) is 15.7 Å². The van der Waals surface area contributed by atoms with E-state index in [4.69, 9.17) is 4.74 Å². The lowest BCUT2D eigenvalue weighted by Crippen LogP contribution is -2.31. The quantitative estimate of drug-likeness (QED) is 0.613. The van der Waals surface area contributed by atoms with Gasteiger partial charge in [0.05, 0.1) is 6.04 Å². The highest BCUT2D eigenvalue weighted by Gasteiger charge is 2.10. The molecule has 2 aromatic carbocycles. The van der Waals surface area contributed by atoms with Gasteiger partial charge in [-0.15, -0.1) is 0 Å². The van der Waals surface area contributed by atoms with Gasteiger partial charge in [-0.1, -0.05) is 12.1 Å². The van der Waals surface area contributed by atoms with E-state index >= 15 is 0 Å². The van der Waals surface area contributed by atoms with E-state index in [1.807, 2.05) is 6.92 Å². The monoisotopic (exact) mass is 396 g/mol. The van der Waals surface area contributed by atoms with Crippen molar-refractivity contribution < 1.29 is 18.7 Å². The van der Waals surface area contributed by atoms with E-state index in [0.717, 1.165) is 5.56 Å². The van der Waals surface area contributed by atoms with Crippen molar-refractivity contribution in [3.63, 3.8) is 0 Å². The molecule has 1 atom stereocenters. The fourth-order valence-corrected chi connectivity index (χ4v) is 2.64. The normalized spacial score (nSPS) is 11.5. The van der Waals surface area contributed by atoms with Crippen LogP contribution >= 0.6 is 0 Å². The summed E-state index contributed by atoms with van der Waals surface area (Å²) in [5.74, 6) is -0.314. The molecule has 150 valence electrons. The van der Waals surface area contributed by atoms with Crippen LogP contribution in [0.25, 0.3) is 0 Å². The van der Waals surface area contributed by atoms with E-state index < -0.39 is 0 Å². The zero-order chi connectivity index (χ0) is 20.6. The first-order chi connectivity index (χ1) is 14.0. The number of hydrogen-bond acceptors (Lipinski definition) is 4. The average Bonchev–Trinajstić information content (AvgIpc) is 3.20. The van der Waals surface area contributed by atoms with Crippen molar-refractivity contribution in [3.05, 3.63) is 78.4 Å². The molecule has 1 aromatic heterocycles. The number of nitrogens with zero attached hydrogens (tertiary/aromatic N) is 2. The van der Waals surface area contributed by atoms with Crippen LogP contribution < -0.4 is 15.4 Å². The minimum atomic E-state index is -0.323. The molecule has 29 heavy (non-hydrogen) atoms. The number of hydrogen-bond donors (Lipinski definition) is 2. The van der Waals surface area contributed by atoms with Crippen molar-refractivity contribution in [2.45, 2.75) is 19.5 Å². The second kappa shape index (κ2) is 9.50. The average molecular weight is 396 g/mol. The molecule has 0 aliphatic carbocycles. The summed E-state index contributed by atoms with van der Waals surface area (Å²) >= 11 is 0. The number of nitrogens with one attached hydrogen (secondary N) is 2. The maximum atomic E-state index is 13.0. The summed E-state index contributed by atoms with van der Waals surface area (Å²) in [6.07, 6.45) is 3.31. The number of rotatable bonds is 8. The van der Waals surface area contributed by atoms with Crippen LogP contribution in [-0.4, -0.2) is 28.2 Å². The van der Waals surface area contributed by atoms with Crippen molar-refractivity contribution in [2.75, 3.05) is 11.9 Å². The van der Waals surface area contributed by atoms with Crippen molar-refractivity contribution >= 4 is 17.5 Å². The van der Waals surface area contributed by atoms with Gasteiger partial charge in [-0.25, -0.2) is 4.39 Å². The van der Waals surface area contributed by atoms with Crippen LogP contribution in [0.3, 0.4) is 0 Å². The third-order valence-electron chi connectivity index (χ3n) is 4.12. The Hall–Kier alpha value is -3.68. The summed E-state index contributed by atoms with van der Waals surface area (Å²) in [7, 11) is 0. The fraction of sp³-hybridized carbons (Fsp3) is 0.190. The first-order valence-electron chi connectivity index (χ1n) is 9.04. The molecule has 0 spiro atoms. The Morgan fingerprint density at radius 1 is 1.10 bits per heavy atom. The summed E-state index contributed by atoms with van der Waals surface area (Å²) < 4.78 is 20.0. The molecule has 0 bridgehead atoms. The largest absolute Gasteiger partial charge is 0.484 e. The summed E-state index contributed by atoms with van der Waals surface area (Å²) in [5, 5.41) is 9.53. The molecule has 3 aromatic rings. The molecule has 7 nitrogen and oxygen atoms in total. The lowest BCUT2D eigenvalue weighted by Gasteiger charge is -2.15. The third-order valence-corrected chi connectivity index (χ3v) is 4.12. The third kappa shape index (κ3) is 6.17. The number of amides is 2. The van der Waals surface area contributed by atoms with E-state index in [-0.39, 0.29) is 36.8 Å². The summed E-state index contributed by atoms with van der Waals surface area (Å²) in [5.41, 5.74) is 1.42. The zero-order valence-electron chi connectivity index (χ0n) is 15.8. The van der Waals surface area contributed by atoms with Gasteiger partial charge in [0.1, 0.15) is 18.1 Å². The van der Waals surface area contributed by atoms with Crippen LogP contribution in [0.4, 0.5) is 10.1 Å². The SMILES string of the molecule is CC(NC(=O)COc1ccc(NC(=O)Cn2cccn2)cc1)c1ccc(F)cc1. The Balaban J connectivity index is 1.43. The lowest BCUT2D eigenvalue weighted by molar-refractivity contribution is -0.123. The van der Waals surface area contributed by atoms with Crippen molar-refractivity contribution in [1.82, 2.24) is 15.1 Å². The van der Waals surface area contributed by atoms with Crippen LogP contribution in [-0.2, 0) is 16.1 Å². The van der Waals surface area contributed by atoms with Gasteiger partial charge in [-0.3, -0.25) is 14.3 Å². The second-order valence-corrected chi connectivity index (χ2v) is 6.41. The summed E-state index contributed by atoms with van der Waals surface area (Å²) in [6.45, 7) is 1.78. The molecule has 3 rings (SSSR count). The van der Waals surface area contributed by atoms with Crippen LogP contribution in [0.5, 0.6) is 5.75 Å². The standard InChI is InChI=1S/C21H21FN4O3/c1-15(16-3-5-17(22)6-4-16)24-21(28)14-29-19-9-7-18(8-10-19)25-20(27)13-26-12-2-11-23-26/h2-12,15H,13-14H2,1H3,(H,24,28)(H,25,27). The number of benzene rings is 2. The summed E-state index contributed by atoms with van der Waals surface area (Å²) in [4.78, 5) is 24.0. The van der Waals surface area contributed by atoms with Gasteiger partial charge in [0.25, 0.3) is 5.91 Å². The topological polar surface area (TPSA) is 85.3 Å². The molecule has 0 saturated carbocycles. The number of carbonyl (C=O) groups excluding carboxylic acids is 2. The predicted octanol–water partition coefficient (Wildman–Crippen LogP) is 2.92. The van der Waals surface area contributed by atoms with Gasteiger partial charge in [0, 0.05) is 18.1 Å². The molecular formula is C21H21FN4O3. The van der Waals surface area contributed by atoms with E-state index in [1.165, 1.54) is 16.8 Å². The summed E-state index contributed by atoms with van der Waals surface area (Å²) in [6, 6.07) is 14.1. The highest BCUT2D eigenvalue weighted by molar-refractivity contribution is 5.90. The van der Waals surface area contributed by atoms with Crippen molar-refractivity contribution in [2.24, 2.45) is 0 Å². The van der Waals surface area contributed by atoms with E-state index in [0.29, 0.717) is 11.4 Å². The molecule has 1 unspecified atom stereocenters. The van der Waals surface area contributed by atoms with Crippen LogP contribution in [0.15, 0.2) is 67.0 Å². The maximum absolute atomic E-state index is 13.0. The van der Waals surface area contributed by atoms with Gasteiger partial charge >= 0.3 is 0 Å². The second-order valence-electron chi connectivity index (χ2n) is 6.41. The van der Waals surface area contributed by atoms with Crippen molar-refractivity contribution in [3.8, 4) is 5.75 Å². The number of aromatic nitrogens is 2. The van der Waals surface area contributed by atoms with Crippen LogP contribution in [0, 0.1) is 5.82 Å². The number of carbonyl (C=O) groups is 2. The van der Waals surface area contributed by atoms with E-state index in [9.17, 15) is 14.0 Å². The molecular weight excluding hydrogens is 375 g/mol. The highest BCUT2D eigenvalue weighted by Crippen LogP contribution is 2.16. The Kier molecular flexibility index (Phi) is 6.57. The Bertz CT molecular complexity index is 941. The number of ether oxygens (including phenoxy) is 1. The molecule has 0 radical (unpaired) electrons. The molecule has 0 fully saturated rings. The zero-order valence-corrected chi connectivity index (χ0v) is 15.8. The van der Waals surface area contributed by atoms with Gasteiger partial charge in [-0.05, 0) is 55.0 Å². The van der Waals surface area contributed by atoms with Gasteiger partial charge < -0.3 is 15.4 Å². The smallest absolute Gasteiger partial charge is 0.258 e. The van der Waals surface area contributed by atoms with Crippen molar-refractivity contribution in [1.29, 1.82) is 0 Å². The Labute approximate surface area is 167 Å². The van der Waals surface area contributed by atoms with Gasteiger partial charge in [0.15, 0.2) is 6.61 Å². The predicted molar refractivity (Wildman–Crippen MR) is 106 cm³/mol. The van der Waals surface area contributed by atoms with Gasteiger partial charge in [-0.2, -0.15) is 5.10 Å². The first-order valence-corrected chi connectivity index (χ1v) is 9.04. The number of halogens is 1. The Morgan fingerprint density at radius 2 is 1.83 bits per heavy atom. The van der Waals surface area contributed by atoms with Crippen LogP contribution in [0.2, 0.25) is 0 Å². The van der Waals surface area contributed by atoms with Gasteiger partial charge in [0.2, 0.25) is 5.91 Å². The lowest BCUT2D eigenvalue weighted by atomic mass is 10.1. The molecule has 1 heterocycles. The minimum Gasteiger partial charge on any atom is -0.484 e. The maximum Gasteiger partial charge on any atom is 0.258 e. The fourth-order valence-electron chi connectivity index (χ4n) is 2.64. The first kappa shape index (κ1) is 20.1.